The molecule has 0 atom stereocenters. The monoisotopic (exact) mass is 337 g/mol. The molecule has 0 aliphatic carbocycles. The molecule has 1 aliphatic rings. The number of pyridine rings is 1. The van der Waals surface area contributed by atoms with Crippen LogP contribution in [0.4, 0.5) is 11.6 Å². The number of hydrogen-bond acceptors (Lipinski definition) is 5. The first kappa shape index (κ1) is 15.3. The van der Waals surface area contributed by atoms with Crippen molar-refractivity contribution >= 4 is 34.8 Å². The van der Waals surface area contributed by atoms with E-state index < -0.39 is 0 Å². The molecule has 0 bridgehead atoms. The lowest BCUT2D eigenvalue weighted by molar-refractivity contribution is 0.477. The van der Waals surface area contributed by atoms with Crippen molar-refractivity contribution in [2.24, 2.45) is 0 Å². The average Bonchev–Trinajstić information content (AvgIpc) is 2.56. The number of nitrogens with zero attached hydrogens (tertiary/aromatic N) is 5. The van der Waals surface area contributed by atoms with Gasteiger partial charge in [0.05, 0.1) is 28.1 Å². The van der Waals surface area contributed by atoms with Crippen molar-refractivity contribution in [1.29, 1.82) is 0 Å². The average molecular weight is 338 g/mol. The molecule has 0 saturated carbocycles. The van der Waals surface area contributed by atoms with Crippen LogP contribution in [0.3, 0.4) is 0 Å². The first-order valence-electron chi connectivity index (χ1n) is 7.20. The van der Waals surface area contributed by atoms with E-state index in [9.17, 15) is 0 Å². The molecular weight excluding hydrogens is 321 g/mol. The van der Waals surface area contributed by atoms with E-state index in [-0.39, 0.29) is 0 Å². The summed E-state index contributed by atoms with van der Waals surface area (Å²) in [4.78, 5) is 17.0. The first-order valence-corrected chi connectivity index (χ1v) is 7.95. The minimum absolute atomic E-state index is 0.415. The summed E-state index contributed by atoms with van der Waals surface area (Å²) >= 11 is 12.1. The second-order valence-electron chi connectivity index (χ2n) is 5.36. The lowest BCUT2D eigenvalue weighted by Gasteiger charge is -2.38. The highest BCUT2D eigenvalue weighted by Gasteiger charge is 2.24. The van der Waals surface area contributed by atoms with Crippen LogP contribution < -0.4 is 9.80 Å². The van der Waals surface area contributed by atoms with Gasteiger partial charge in [0.2, 0.25) is 5.95 Å². The number of rotatable bonds is 3. The van der Waals surface area contributed by atoms with E-state index in [1.807, 2.05) is 13.1 Å². The van der Waals surface area contributed by atoms with Crippen molar-refractivity contribution < 1.29 is 0 Å². The van der Waals surface area contributed by atoms with Gasteiger partial charge in [-0.15, -0.1) is 0 Å². The number of anilines is 2. The zero-order valence-electron chi connectivity index (χ0n) is 12.3. The third-order valence-corrected chi connectivity index (χ3v) is 4.51. The van der Waals surface area contributed by atoms with Crippen LogP contribution in [0.25, 0.3) is 0 Å². The highest BCUT2D eigenvalue weighted by atomic mass is 35.5. The van der Waals surface area contributed by atoms with Crippen molar-refractivity contribution in [1.82, 2.24) is 15.0 Å². The lowest BCUT2D eigenvalue weighted by Crippen LogP contribution is -2.44. The van der Waals surface area contributed by atoms with Gasteiger partial charge in [-0.25, -0.2) is 9.97 Å². The largest absolute Gasteiger partial charge is 0.370 e. The smallest absolute Gasteiger partial charge is 0.225 e. The molecule has 3 heterocycles. The van der Waals surface area contributed by atoms with Crippen molar-refractivity contribution in [2.75, 3.05) is 29.9 Å². The Balaban J connectivity index is 1.64. The molecule has 0 spiro atoms. The van der Waals surface area contributed by atoms with E-state index in [0.717, 1.165) is 31.6 Å². The maximum Gasteiger partial charge on any atom is 0.225 e. The summed E-state index contributed by atoms with van der Waals surface area (Å²) in [5, 5.41) is 1.26. The molecule has 0 radical (unpaired) electrons. The van der Waals surface area contributed by atoms with Crippen molar-refractivity contribution in [3.63, 3.8) is 0 Å². The molecule has 1 saturated heterocycles. The van der Waals surface area contributed by atoms with Gasteiger partial charge in [-0.1, -0.05) is 23.2 Å². The van der Waals surface area contributed by atoms with Gasteiger partial charge in [0.25, 0.3) is 0 Å². The van der Waals surface area contributed by atoms with E-state index in [0.29, 0.717) is 22.0 Å². The van der Waals surface area contributed by atoms with Gasteiger partial charge in [0.15, 0.2) is 0 Å². The fourth-order valence-corrected chi connectivity index (χ4v) is 3.11. The minimum atomic E-state index is 0.415. The normalized spacial score (nSPS) is 15.9. The topological polar surface area (TPSA) is 45.2 Å². The maximum absolute atomic E-state index is 6.22. The third kappa shape index (κ3) is 3.25. The van der Waals surface area contributed by atoms with Crippen molar-refractivity contribution in [3.05, 3.63) is 40.9 Å². The summed E-state index contributed by atoms with van der Waals surface area (Å²) in [6.07, 6.45) is 8.79. The Morgan fingerprint density at radius 2 is 1.82 bits per heavy atom. The molecule has 0 aromatic carbocycles. The van der Waals surface area contributed by atoms with E-state index in [1.165, 1.54) is 0 Å². The molecule has 1 aliphatic heterocycles. The highest BCUT2D eigenvalue weighted by Crippen LogP contribution is 2.28. The first-order chi connectivity index (χ1) is 10.6. The predicted molar refractivity (Wildman–Crippen MR) is 89.9 cm³/mol. The summed E-state index contributed by atoms with van der Waals surface area (Å²) in [6, 6.07) is 2.38. The van der Waals surface area contributed by atoms with Gasteiger partial charge < -0.3 is 9.80 Å². The van der Waals surface area contributed by atoms with Crippen molar-refractivity contribution in [3.8, 4) is 0 Å². The van der Waals surface area contributed by atoms with Crippen LogP contribution in [-0.4, -0.2) is 41.1 Å². The molecule has 2 aromatic rings. The standard InChI is InChI=1S/C15H17Cl2N5/c1-21(15-19-8-11(16)9-20-15)12-3-6-22(7-4-12)14-2-5-18-10-13(14)17/h2,5,8-10,12H,3-4,6-7H2,1H3. The Labute approximate surface area is 139 Å². The Hall–Kier alpha value is -1.59. The molecule has 22 heavy (non-hydrogen) atoms. The van der Waals surface area contributed by atoms with E-state index >= 15 is 0 Å². The van der Waals surface area contributed by atoms with Gasteiger partial charge in [-0.05, 0) is 18.9 Å². The zero-order chi connectivity index (χ0) is 15.5. The van der Waals surface area contributed by atoms with Crippen LogP contribution >= 0.6 is 23.2 Å². The van der Waals surface area contributed by atoms with Crippen LogP contribution in [0, 0.1) is 0 Å². The number of aromatic nitrogens is 3. The molecule has 2 aromatic heterocycles. The predicted octanol–water partition coefficient (Wildman–Crippen LogP) is 3.28. The molecule has 0 N–H and O–H groups in total. The van der Waals surface area contributed by atoms with Crippen LogP contribution in [-0.2, 0) is 0 Å². The van der Waals surface area contributed by atoms with Crippen molar-refractivity contribution in [2.45, 2.75) is 18.9 Å². The summed E-state index contributed by atoms with van der Waals surface area (Å²) in [7, 11) is 2.03. The SMILES string of the molecule is CN(c1ncc(Cl)cn1)C1CCN(c2ccncc2Cl)CC1. The molecule has 1 fully saturated rings. The summed E-state index contributed by atoms with van der Waals surface area (Å²) < 4.78 is 0. The quantitative estimate of drug-likeness (QED) is 0.859. The van der Waals surface area contributed by atoms with Gasteiger partial charge in [0.1, 0.15) is 0 Å². The number of hydrogen-bond donors (Lipinski definition) is 0. The summed E-state index contributed by atoms with van der Waals surface area (Å²) in [5.74, 6) is 0.713. The Morgan fingerprint density at radius 1 is 1.14 bits per heavy atom. The molecule has 116 valence electrons. The molecule has 0 amide bonds. The molecule has 7 heteroatoms. The molecule has 3 rings (SSSR count). The van der Waals surface area contributed by atoms with E-state index in [1.54, 1.807) is 24.8 Å². The van der Waals surface area contributed by atoms with Gasteiger partial charge in [-0.3, -0.25) is 4.98 Å². The second kappa shape index (κ2) is 6.67. The Bertz CT molecular complexity index is 626. The summed E-state index contributed by atoms with van der Waals surface area (Å²) in [6.45, 7) is 1.90. The van der Waals surface area contributed by atoms with E-state index in [4.69, 9.17) is 23.2 Å². The maximum atomic E-state index is 6.22. The number of piperidine rings is 1. The molecule has 5 nitrogen and oxygen atoms in total. The zero-order valence-corrected chi connectivity index (χ0v) is 13.8. The lowest BCUT2D eigenvalue weighted by atomic mass is 10.0. The van der Waals surface area contributed by atoms with Crippen LogP contribution in [0.2, 0.25) is 10.0 Å². The molecule has 0 unspecified atom stereocenters. The van der Waals surface area contributed by atoms with Gasteiger partial charge >= 0.3 is 0 Å². The fourth-order valence-electron chi connectivity index (χ4n) is 2.77. The van der Waals surface area contributed by atoms with Gasteiger partial charge in [0, 0.05) is 38.6 Å². The van der Waals surface area contributed by atoms with E-state index in [2.05, 4.69) is 24.8 Å². The minimum Gasteiger partial charge on any atom is -0.370 e. The molecular formula is C15H17Cl2N5. The Morgan fingerprint density at radius 3 is 2.45 bits per heavy atom. The summed E-state index contributed by atoms with van der Waals surface area (Å²) in [5.41, 5.74) is 1.06. The van der Waals surface area contributed by atoms with Crippen LogP contribution in [0.5, 0.6) is 0 Å². The highest BCUT2D eigenvalue weighted by molar-refractivity contribution is 6.33. The third-order valence-electron chi connectivity index (χ3n) is 4.03. The fraction of sp³-hybridized carbons (Fsp3) is 0.400. The Kier molecular flexibility index (Phi) is 4.64. The number of halogens is 2. The van der Waals surface area contributed by atoms with Crippen LogP contribution in [0.15, 0.2) is 30.9 Å². The second-order valence-corrected chi connectivity index (χ2v) is 6.20. The van der Waals surface area contributed by atoms with Crippen LogP contribution in [0.1, 0.15) is 12.8 Å². The van der Waals surface area contributed by atoms with Gasteiger partial charge in [-0.2, -0.15) is 0 Å².